The van der Waals surface area contributed by atoms with E-state index in [2.05, 4.69) is 36.6 Å². The second kappa shape index (κ2) is 9.71. The molecule has 1 fully saturated rings. The number of hydrogen-bond acceptors (Lipinski definition) is 9. The van der Waals surface area contributed by atoms with Crippen LogP contribution in [0.1, 0.15) is 49.4 Å². The number of aliphatic hydroxyl groups excluding tert-OH is 1. The van der Waals surface area contributed by atoms with E-state index in [0.29, 0.717) is 23.4 Å². The lowest BCUT2D eigenvalue weighted by Crippen LogP contribution is -2.19. The van der Waals surface area contributed by atoms with Crippen molar-refractivity contribution in [1.29, 1.82) is 0 Å². The summed E-state index contributed by atoms with van der Waals surface area (Å²) in [7, 11) is 3.25. The molecule has 3 aromatic rings. The Morgan fingerprint density at radius 2 is 1.83 bits per heavy atom. The third-order valence-corrected chi connectivity index (χ3v) is 8.00. The van der Waals surface area contributed by atoms with E-state index in [1.165, 1.54) is 4.88 Å². The smallest absolute Gasteiger partial charge is 0.229 e. The van der Waals surface area contributed by atoms with Crippen LogP contribution >= 0.6 is 11.3 Å². The van der Waals surface area contributed by atoms with Crippen molar-refractivity contribution < 1.29 is 14.6 Å². The molecule has 0 amide bonds. The molecule has 2 atom stereocenters. The molecule has 0 bridgehead atoms. The van der Waals surface area contributed by atoms with Crippen LogP contribution in [0.15, 0.2) is 24.3 Å². The first kappa shape index (κ1) is 24.5. The standard InChI is InChI=1S/C27H33N5O3S/c1-15-22(25-31-23-21(36-25)8-9-27(23,2)3)24(29-17-7-6-16(10-17)14-33)32-26(28-15)30-18-11-19(34-4)13-20(12-18)35-5/h8-9,11-13,16-17,33H,6-7,10,14H2,1-5H3,(H2,28,29,30,32)/t16?,17-/m0/s1. The average molecular weight is 508 g/mol. The quantitative estimate of drug-likeness (QED) is 0.365. The number of thiazole rings is 1. The minimum atomic E-state index is -0.0842. The van der Waals surface area contributed by atoms with Crippen LogP contribution in [0.3, 0.4) is 0 Å². The lowest BCUT2D eigenvalue weighted by molar-refractivity contribution is 0.229. The van der Waals surface area contributed by atoms with Gasteiger partial charge in [-0.25, -0.2) is 9.97 Å². The maximum Gasteiger partial charge on any atom is 0.229 e. The highest BCUT2D eigenvalue weighted by molar-refractivity contribution is 7.16. The van der Waals surface area contributed by atoms with Crippen molar-refractivity contribution in [1.82, 2.24) is 15.0 Å². The van der Waals surface area contributed by atoms with Crippen molar-refractivity contribution in [3.63, 3.8) is 0 Å². The summed E-state index contributed by atoms with van der Waals surface area (Å²) in [5, 5.41) is 17.5. The van der Waals surface area contributed by atoms with Gasteiger partial charge in [0, 0.05) is 42.0 Å². The van der Waals surface area contributed by atoms with Gasteiger partial charge in [0.1, 0.15) is 22.3 Å². The Balaban J connectivity index is 1.53. The van der Waals surface area contributed by atoms with Crippen molar-refractivity contribution >= 4 is 34.9 Å². The molecule has 1 saturated carbocycles. The van der Waals surface area contributed by atoms with Gasteiger partial charge in [0.25, 0.3) is 0 Å². The highest BCUT2D eigenvalue weighted by Gasteiger charge is 2.31. The third-order valence-electron chi connectivity index (χ3n) is 6.97. The molecular formula is C27H33N5O3S. The van der Waals surface area contributed by atoms with E-state index in [1.807, 2.05) is 25.1 Å². The zero-order valence-corrected chi connectivity index (χ0v) is 22.2. The van der Waals surface area contributed by atoms with Crippen LogP contribution in [0, 0.1) is 12.8 Å². The maximum atomic E-state index is 9.64. The van der Waals surface area contributed by atoms with Gasteiger partial charge in [-0.1, -0.05) is 19.9 Å². The van der Waals surface area contributed by atoms with Crippen molar-refractivity contribution in [2.75, 3.05) is 31.5 Å². The summed E-state index contributed by atoms with van der Waals surface area (Å²) < 4.78 is 10.8. The number of aromatic nitrogens is 3. The molecule has 0 radical (unpaired) electrons. The Kier molecular flexibility index (Phi) is 6.61. The largest absolute Gasteiger partial charge is 0.497 e. The van der Waals surface area contributed by atoms with Crippen LogP contribution in [-0.2, 0) is 5.41 Å². The second-order valence-electron chi connectivity index (χ2n) is 10.1. The summed E-state index contributed by atoms with van der Waals surface area (Å²) >= 11 is 1.68. The summed E-state index contributed by atoms with van der Waals surface area (Å²) in [5.41, 5.74) is 3.56. The van der Waals surface area contributed by atoms with Crippen LogP contribution in [0.25, 0.3) is 16.6 Å². The molecule has 0 saturated heterocycles. The number of methoxy groups -OCH3 is 2. The highest BCUT2D eigenvalue weighted by atomic mass is 32.1. The monoisotopic (exact) mass is 507 g/mol. The average Bonchev–Trinajstić information content (AvgIpc) is 3.55. The summed E-state index contributed by atoms with van der Waals surface area (Å²) in [6.45, 7) is 6.59. The van der Waals surface area contributed by atoms with E-state index in [1.54, 1.807) is 25.6 Å². The number of rotatable bonds is 8. The number of nitrogens with one attached hydrogen (secondary N) is 2. The van der Waals surface area contributed by atoms with Crippen molar-refractivity contribution in [2.24, 2.45) is 5.92 Å². The van der Waals surface area contributed by atoms with Crippen LogP contribution in [0.5, 0.6) is 11.5 Å². The normalized spacial score (nSPS) is 19.8. The Hall–Kier alpha value is -3.17. The molecule has 5 rings (SSSR count). The molecule has 1 unspecified atom stereocenters. The van der Waals surface area contributed by atoms with Gasteiger partial charge in [0.05, 0.1) is 36.0 Å². The molecular weight excluding hydrogens is 474 g/mol. The van der Waals surface area contributed by atoms with Crippen LogP contribution in [-0.4, -0.2) is 46.9 Å². The first-order valence-electron chi connectivity index (χ1n) is 12.3. The minimum Gasteiger partial charge on any atom is -0.497 e. The maximum absolute atomic E-state index is 9.64. The summed E-state index contributed by atoms with van der Waals surface area (Å²) in [5.74, 6) is 2.92. The van der Waals surface area contributed by atoms with Crippen LogP contribution in [0.2, 0.25) is 0 Å². The molecule has 190 valence electrons. The number of nitrogens with zero attached hydrogens (tertiary/aromatic N) is 3. The van der Waals surface area contributed by atoms with E-state index < -0.39 is 0 Å². The molecule has 0 aliphatic heterocycles. The number of allylic oxidation sites excluding steroid dienone is 1. The SMILES string of the molecule is COc1cc(Nc2nc(C)c(-c3nc4c(s3)C=CC4(C)C)c(N[C@H]3CCC(CO)C3)n2)cc(OC)c1. The molecule has 3 N–H and O–H groups in total. The lowest BCUT2D eigenvalue weighted by atomic mass is 9.93. The zero-order valence-electron chi connectivity index (χ0n) is 21.4. The van der Waals surface area contributed by atoms with Crippen molar-refractivity contribution in [3.05, 3.63) is 40.5 Å². The first-order chi connectivity index (χ1) is 17.3. The molecule has 2 aliphatic rings. The zero-order chi connectivity index (χ0) is 25.4. The van der Waals surface area contributed by atoms with Crippen LogP contribution in [0.4, 0.5) is 17.5 Å². The van der Waals surface area contributed by atoms with E-state index in [0.717, 1.165) is 52.7 Å². The van der Waals surface area contributed by atoms with Gasteiger partial charge in [-0.3, -0.25) is 0 Å². The van der Waals surface area contributed by atoms with Gasteiger partial charge < -0.3 is 25.2 Å². The second-order valence-corrected chi connectivity index (χ2v) is 11.1. The minimum absolute atomic E-state index is 0.0842. The van der Waals surface area contributed by atoms with Crippen molar-refractivity contribution in [3.8, 4) is 22.1 Å². The van der Waals surface area contributed by atoms with E-state index in [4.69, 9.17) is 24.4 Å². The number of anilines is 3. The Labute approximate surface area is 215 Å². The Morgan fingerprint density at radius 1 is 1.08 bits per heavy atom. The lowest BCUT2D eigenvalue weighted by Gasteiger charge is -2.19. The van der Waals surface area contributed by atoms with E-state index in [-0.39, 0.29) is 18.1 Å². The molecule has 2 aromatic heterocycles. The summed E-state index contributed by atoms with van der Waals surface area (Å²) in [4.78, 5) is 16.0. The molecule has 2 heterocycles. The van der Waals surface area contributed by atoms with Gasteiger partial charge in [0.2, 0.25) is 5.95 Å². The molecule has 0 spiro atoms. The van der Waals surface area contributed by atoms with E-state index in [9.17, 15) is 5.11 Å². The fourth-order valence-corrected chi connectivity index (χ4v) is 6.17. The third kappa shape index (κ3) is 4.77. The number of ether oxygens (including phenoxy) is 2. The highest BCUT2D eigenvalue weighted by Crippen LogP contribution is 2.43. The molecule has 9 heteroatoms. The molecule has 8 nitrogen and oxygen atoms in total. The fraction of sp³-hybridized carbons (Fsp3) is 0.444. The molecule has 36 heavy (non-hydrogen) atoms. The van der Waals surface area contributed by atoms with Gasteiger partial charge in [-0.15, -0.1) is 11.3 Å². The number of hydrogen-bond donors (Lipinski definition) is 3. The van der Waals surface area contributed by atoms with Crippen LogP contribution < -0.4 is 20.1 Å². The fourth-order valence-electron chi connectivity index (χ4n) is 4.94. The van der Waals surface area contributed by atoms with Gasteiger partial charge in [-0.2, -0.15) is 4.98 Å². The first-order valence-corrected chi connectivity index (χ1v) is 13.1. The molecule has 1 aromatic carbocycles. The topological polar surface area (TPSA) is 101 Å². The van der Waals surface area contributed by atoms with Gasteiger partial charge >= 0.3 is 0 Å². The molecule has 2 aliphatic carbocycles. The predicted molar refractivity (Wildman–Crippen MR) is 145 cm³/mol. The number of benzene rings is 1. The van der Waals surface area contributed by atoms with Crippen molar-refractivity contribution in [2.45, 2.75) is 51.5 Å². The predicted octanol–water partition coefficient (Wildman–Crippen LogP) is 5.55. The summed E-state index contributed by atoms with van der Waals surface area (Å²) in [6.07, 6.45) is 7.28. The van der Waals surface area contributed by atoms with E-state index >= 15 is 0 Å². The Morgan fingerprint density at radius 3 is 2.47 bits per heavy atom. The number of aryl methyl sites for hydroxylation is 1. The van der Waals surface area contributed by atoms with Gasteiger partial charge in [-0.05, 0) is 38.2 Å². The van der Waals surface area contributed by atoms with Gasteiger partial charge in [0.15, 0.2) is 0 Å². The Bertz CT molecular complexity index is 1280. The number of aliphatic hydroxyl groups is 1. The summed E-state index contributed by atoms with van der Waals surface area (Å²) in [6, 6.07) is 5.82. The number of fused-ring (bicyclic) bond motifs is 1.